The molecule has 0 aliphatic rings. The maximum Gasteiger partial charge on any atom is 0.269 e. The number of benzene rings is 2. The van der Waals surface area contributed by atoms with E-state index in [9.17, 15) is 13.6 Å². The van der Waals surface area contributed by atoms with Crippen LogP contribution in [0.2, 0.25) is 0 Å². The summed E-state index contributed by atoms with van der Waals surface area (Å²) in [6.45, 7) is 7.59. The van der Waals surface area contributed by atoms with Crippen LogP contribution in [0.3, 0.4) is 0 Å². The second-order valence-corrected chi connectivity index (χ2v) is 7.54. The summed E-state index contributed by atoms with van der Waals surface area (Å²) in [4.78, 5) is 13.0. The molecule has 2 aromatic carbocycles. The fourth-order valence-corrected chi connectivity index (χ4v) is 3.80. The number of hydrogen-bond acceptors (Lipinski definition) is 1. The summed E-state index contributed by atoms with van der Waals surface area (Å²) in [7, 11) is 0. The Hall–Kier alpha value is -2.53. The van der Waals surface area contributed by atoms with Crippen LogP contribution >= 0.6 is 15.9 Å². The lowest BCUT2D eigenvalue weighted by atomic mass is 10.0. The zero-order chi connectivity index (χ0) is 20.4. The van der Waals surface area contributed by atoms with E-state index < -0.39 is 11.6 Å². The topological polar surface area (TPSA) is 22.0 Å². The summed E-state index contributed by atoms with van der Waals surface area (Å²) in [5.41, 5.74) is 4.61. The van der Waals surface area contributed by atoms with Crippen LogP contribution in [0.15, 0.2) is 58.3 Å². The molecule has 1 heterocycles. The third kappa shape index (κ3) is 3.99. The predicted octanol–water partition coefficient (Wildman–Crippen LogP) is 5.92. The minimum atomic E-state index is -0.598. The largest absolute Gasteiger partial charge is 0.280 e. The van der Waals surface area contributed by atoms with E-state index in [1.54, 1.807) is 10.6 Å². The Balaban J connectivity index is 1.96. The molecular weight excluding hydrogens is 424 g/mol. The minimum absolute atomic E-state index is 0.163. The fraction of sp³-hybridized carbons (Fsp3) is 0.174. The zero-order valence-corrected chi connectivity index (χ0v) is 17.3. The number of aromatic nitrogens is 1. The minimum Gasteiger partial charge on any atom is -0.280 e. The molecule has 144 valence electrons. The molecule has 2 nitrogen and oxygen atoms in total. The van der Waals surface area contributed by atoms with E-state index >= 15 is 0 Å². The highest BCUT2D eigenvalue weighted by Gasteiger charge is 2.14. The third-order valence-electron chi connectivity index (χ3n) is 4.78. The van der Waals surface area contributed by atoms with E-state index in [4.69, 9.17) is 0 Å². The second kappa shape index (κ2) is 8.23. The van der Waals surface area contributed by atoms with Crippen molar-refractivity contribution in [2.75, 3.05) is 0 Å². The number of pyridine rings is 1. The van der Waals surface area contributed by atoms with Gasteiger partial charge in [-0.15, -0.1) is 0 Å². The van der Waals surface area contributed by atoms with Crippen LogP contribution < -0.4 is 5.56 Å². The van der Waals surface area contributed by atoms with E-state index in [1.807, 2.05) is 38.1 Å². The van der Waals surface area contributed by atoms with Gasteiger partial charge in [-0.3, -0.25) is 9.36 Å². The Bertz CT molecular complexity index is 1120. The van der Waals surface area contributed by atoms with Gasteiger partial charge in [-0.05, 0) is 89.1 Å². The van der Waals surface area contributed by atoms with Crippen molar-refractivity contribution in [3.8, 4) is 5.69 Å². The molecule has 0 aliphatic carbocycles. The summed E-state index contributed by atoms with van der Waals surface area (Å²) in [6, 6.07) is 11.3. The standard InChI is InChI=1S/C23H20BrF2NO/c1-4-16-5-10-21(14(2)11-16)27-15(3)12-18(22(24)23(27)28)7-6-17-8-9-19(25)13-20(17)26/h4-5,8-13H,1,6-7H2,2-3H3. The van der Waals surface area contributed by atoms with Gasteiger partial charge in [-0.1, -0.05) is 24.8 Å². The second-order valence-electron chi connectivity index (χ2n) is 6.75. The van der Waals surface area contributed by atoms with E-state index in [0.717, 1.165) is 34.1 Å². The van der Waals surface area contributed by atoms with E-state index in [2.05, 4.69) is 22.5 Å². The first-order valence-electron chi connectivity index (χ1n) is 8.90. The number of halogens is 3. The molecule has 0 fully saturated rings. The highest BCUT2D eigenvalue weighted by atomic mass is 79.9. The van der Waals surface area contributed by atoms with E-state index in [-0.39, 0.29) is 5.56 Å². The Kier molecular flexibility index (Phi) is 5.94. The molecule has 0 radical (unpaired) electrons. The first-order valence-corrected chi connectivity index (χ1v) is 9.69. The summed E-state index contributed by atoms with van der Waals surface area (Å²) in [5, 5.41) is 0. The average molecular weight is 444 g/mol. The average Bonchev–Trinajstić information content (AvgIpc) is 2.66. The van der Waals surface area contributed by atoms with Crippen LogP contribution in [-0.2, 0) is 12.8 Å². The Morgan fingerprint density at radius 1 is 1.04 bits per heavy atom. The summed E-state index contributed by atoms with van der Waals surface area (Å²) >= 11 is 3.42. The number of rotatable bonds is 5. The quantitative estimate of drug-likeness (QED) is 0.479. The molecule has 0 saturated carbocycles. The van der Waals surface area contributed by atoms with Crippen molar-refractivity contribution < 1.29 is 8.78 Å². The van der Waals surface area contributed by atoms with Gasteiger partial charge in [-0.2, -0.15) is 0 Å². The molecule has 0 amide bonds. The molecule has 3 rings (SSSR count). The SMILES string of the molecule is C=Cc1ccc(-n2c(C)cc(CCc3ccc(F)cc3F)c(Br)c2=O)c(C)c1. The molecule has 0 saturated heterocycles. The third-order valence-corrected chi connectivity index (χ3v) is 5.63. The molecule has 1 aromatic heterocycles. The van der Waals surface area contributed by atoms with Gasteiger partial charge in [0, 0.05) is 11.8 Å². The van der Waals surface area contributed by atoms with Gasteiger partial charge >= 0.3 is 0 Å². The molecule has 3 aromatic rings. The van der Waals surface area contributed by atoms with Crippen molar-refractivity contribution in [1.29, 1.82) is 0 Å². The fourth-order valence-electron chi connectivity index (χ4n) is 3.31. The summed E-state index contributed by atoms with van der Waals surface area (Å²) < 4.78 is 29.1. The lowest BCUT2D eigenvalue weighted by Gasteiger charge is -2.16. The molecule has 0 bridgehead atoms. The van der Waals surface area contributed by atoms with Gasteiger partial charge in [-0.25, -0.2) is 8.78 Å². The van der Waals surface area contributed by atoms with Crippen LogP contribution in [0.4, 0.5) is 8.78 Å². The van der Waals surface area contributed by atoms with Gasteiger partial charge in [0.1, 0.15) is 11.6 Å². The lowest BCUT2D eigenvalue weighted by molar-refractivity contribution is 0.571. The molecular formula is C23H20BrF2NO. The lowest BCUT2D eigenvalue weighted by Crippen LogP contribution is -2.23. The summed E-state index contributed by atoms with van der Waals surface area (Å²) in [5.74, 6) is -1.17. The highest BCUT2D eigenvalue weighted by molar-refractivity contribution is 9.10. The van der Waals surface area contributed by atoms with Gasteiger partial charge < -0.3 is 0 Å². The van der Waals surface area contributed by atoms with E-state index in [1.165, 1.54) is 12.1 Å². The predicted molar refractivity (Wildman–Crippen MR) is 113 cm³/mol. The molecule has 5 heteroatoms. The maximum absolute atomic E-state index is 13.9. The first-order chi connectivity index (χ1) is 13.3. The van der Waals surface area contributed by atoms with Crippen molar-refractivity contribution in [1.82, 2.24) is 4.57 Å². The van der Waals surface area contributed by atoms with Crippen molar-refractivity contribution in [2.24, 2.45) is 0 Å². The van der Waals surface area contributed by atoms with E-state index in [0.29, 0.717) is 22.9 Å². The highest BCUT2D eigenvalue weighted by Crippen LogP contribution is 2.22. The van der Waals surface area contributed by atoms with Gasteiger partial charge in [0.05, 0.1) is 10.2 Å². The Labute approximate surface area is 171 Å². The Morgan fingerprint density at radius 3 is 2.39 bits per heavy atom. The van der Waals surface area contributed by atoms with Crippen LogP contribution in [0.1, 0.15) is 27.9 Å². The summed E-state index contributed by atoms with van der Waals surface area (Å²) in [6.07, 6.45) is 2.61. The number of nitrogens with zero attached hydrogens (tertiary/aromatic N) is 1. The monoisotopic (exact) mass is 443 g/mol. The van der Waals surface area contributed by atoms with Gasteiger partial charge in [0.15, 0.2) is 0 Å². The van der Waals surface area contributed by atoms with Crippen LogP contribution in [0, 0.1) is 25.5 Å². The molecule has 0 unspecified atom stereocenters. The van der Waals surface area contributed by atoms with Gasteiger partial charge in [0.2, 0.25) is 0 Å². The molecule has 0 atom stereocenters. The Morgan fingerprint density at radius 2 is 1.75 bits per heavy atom. The van der Waals surface area contributed by atoms with Crippen molar-refractivity contribution in [3.63, 3.8) is 0 Å². The normalized spacial score (nSPS) is 10.9. The molecule has 0 aliphatic heterocycles. The molecule has 28 heavy (non-hydrogen) atoms. The maximum atomic E-state index is 13.9. The van der Waals surface area contributed by atoms with Crippen LogP contribution in [0.25, 0.3) is 11.8 Å². The molecule has 0 N–H and O–H groups in total. The number of aryl methyl sites for hydroxylation is 4. The van der Waals surface area contributed by atoms with Crippen LogP contribution in [0.5, 0.6) is 0 Å². The smallest absolute Gasteiger partial charge is 0.269 e. The van der Waals surface area contributed by atoms with Crippen molar-refractivity contribution >= 4 is 22.0 Å². The van der Waals surface area contributed by atoms with Crippen molar-refractivity contribution in [3.05, 3.63) is 103 Å². The number of hydrogen-bond donors (Lipinski definition) is 0. The van der Waals surface area contributed by atoms with Crippen molar-refractivity contribution in [2.45, 2.75) is 26.7 Å². The zero-order valence-electron chi connectivity index (χ0n) is 15.7. The van der Waals surface area contributed by atoms with Gasteiger partial charge in [0.25, 0.3) is 5.56 Å². The first kappa shape index (κ1) is 20.2. The molecule has 0 spiro atoms. The van der Waals surface area contributed by atoms with Crippen LogP contribution in [-0.4, -0.2) is 4.57 Å².